The fourth-order valence-electron chi connectivity index (χ4n) is 2.91. The molecule has 138 valence electrons. The highest BCUT2D eigenvalue weighted by molar-refractivity contribution is 7.92. The number of amides is 1. The molecule has 0 unspecified atom stereocenters. The van der Waals surface area contributed by atoms with Gasteiger partial charge < -0.3 is 19.9 Å². The van der Waals surface area contributed by atoms with Gasteiger partial charge in [-0.15, -0.1) is 0 Å². The average Bonchev–Trinajstić information content (AvgIpc) is 2.55. The second-order valence-electron chi connectivity index (χ2n) is 6.72. The van der Waals surface area contributed by atoms with Gasteiger partial charge in [0, 0.05) is 46.2 Å². The Bertz CT molecular complexity index is 582. The zero-order valence-corrected chi connectivity index (χ0v) is 15.6. The van der Waals surface area contributed by atoms with E-state index in [-0.39, 0.29) is 11.7 Å². The largest absolute Gasteiger partial charge is 0.378 e. The van der Waals surface area contributed by atoms with Crippen LogP contribution in [-0.4, -0.2) is 93.6 Å². The normalized spacial score (nSPS) is 23.9. The van der Waals surface area contributed by atoms with Crippen molar-refractivity contribution in [2.24, 2.45) is 4.99 Å². The highest BCUT2D eigenvalue weighted by Crippen LogP contribution is 2.23. The number of rotatable bonds is 3. The van der Waals surface area contributed by atoms with Gasteiger partial charge in [0.15, 0.2) is 15.8 Å². The van der Waals surface area contributed by atoms with Crippen molar-refractivity contribution in [2.75, 3.05) is 58.7 Å². The minimum absolute atomic E-state index is 0.0998. The number of aliphatic imine (C=N–C) groups is 1. The molecule has 2 heterocycles. The molecule has 2 aliphatic heterocycles. The number of hydrogen-bond donors (Lipinski definition) is 1. The van der Waals surface area contributed by atoms with E-state index in [0.29, 0.717) is 58.3 Å². The molecule has 2 aliphatic rings. The lowest BCUT2D eigenvalue weighted by molar-refractivity contribution is -0.135. The van der Waals surface area contributed by atoms with Gasteiger partial charge in [0.05, 0.1) is 23.7 Å². The number of nitrogens with one attached hydrogen (secondary N) is 1. The van der Waals surface area contributed by atoms with E-state index in [1.807, 2.05) is 9.80 Å². The maximum atomic E-state index is 12.1. The van der Waals surface area contributed by atoms with Crippen molar-refractivity contribution in [1.82, 2.24) is 15.1 Å². The van der Waals surface area contributed by atoms with Crippen LogP contribution in [0.2, 0.25) is 0 Å². The molecule has 0 atom stereocenters. The number of nitrogens with zero attached hydrogens (tertiary/aromatic N) is 3. The molecule has 0 aromatic heterocycles. The zero-order valence-electron chi connectivity index (χ0n) is 14.7. The average molecular weight is 360 g/mol. The van der Waals surface area contributed by atoms with Crippen molar-refractivity contribution in [3.63, 3.8) is 0 Å². The lowest BCUT2D eigenvalue weighted by atomic mass is 10.2. The Kier molecular flexibility index (Phi) is 6.08. The molecule has 0 aromatic rings. The lowest BCUT2D eigenvalue weighted by Crippen LogP contribution is -2.57. The van der Waals surface area contributed by atoms with Crippen LogP contribution in [0.4, 0.5) is 0 Å². The van der Waals surface area contributed by atoms with Crippen molar-refractivity contribution < 1.29 is 17.9 Å². The fourth-order valence-corrected chi connectivity index (χ4v) is 4.27. The van der Waals surface area contributed by atoms with Crippen LogP contribution in [0.25, 0.3) is 0 Å². The number of guanidine groups is 1. The van der Waals surface area contributed by atoms with Crippen LogP contribution in [0.1, 0.15) is 20.3 Å². The van der Waals surface area contributed by atoms with Crippen molar-refractivity contribution in [3.05, 3.63) is 0 Å². The van der Waals surface area contributed by atoms with Crippen LogP contribution in [0.5, 0.6) is 0 Å². The summed E-state index contributed by atoms with van der Waals surface area (Å²) in [6, 6.07) is 0. The summed E-state index contributed by atoms with van der Waals surface area (Å²) in [5.41, 5.74) is 0. The zero-order chi connectivity index (χ0) is 17.8. The number of carbonyl (C=O) groups is 1. The highest BCUT2D eigenvalue weighted by atomic mass is 32.2. The van der Waals surface area contributed by atoms with E-state index >= 15 is 0 Å². The first-order chi connectivity index (χ1) is 11.3. The van der Waals surface area contributed by atoms with Gasteiger partial charge in [-0.1, -0.05) is 0 Å². The number of morpholine rings is 1. The number of carbonyl (C=O) groups excluding carboxylic acids is 1. The summed E-state index contributed by atoms with van der Waals surface area (Å²) >= 11 is 0. The second kappa shape index (κ2) is 7.69. The second-order valence-corrected chi connectivity index (χ2v) is 9.46. The number of ether oxygens (including phenoxy) is 1. The van der Waals surface area contributed by atoms with Crippen LogP contribution in [0.3, 0.4) is 0 Å². The van der Waals surface area contributed by atoms with E-state index in [9.17, 15) is 13.2 Å². The molecule has 0 spiro atoms. The van der Waals surface area contributed by atoms with Gasteiger partial charge in [-0.2, -0.15) is 0 Å². The summed E-state index contributed by atoms with van der Waals surface area (Å²) in [6.45, 7) is 7.25. The maximum absolute atomic E-state index is 12.1. The van der Waals surface area contributed by atoms with Crippen LogP contribution < -0.4 is 5.32 Å². The van der Waals surface area contributed by atoms with E-state index < -0.39 is 14.6 Å². The topological polar surface area (TPSA) is 91.3 Å². The summed E-state index contributed by atoms with van der Waals surface area (Å²) in [5, 5.41) is 3.18. The molecule has 0 aliphatic carbocycles. The molecule has 0 saturated carbocycles. The molecule has 9 heteroatoms. The number of hydrogen-bond acceptors (Lipinski definition) is 5. The van der Waals surface area contributed by atoms with Gasteiger partial charge in [-0.3, -0.25) is 9.79 Å². The van der Waals surface area contributed by atoms with Gasteiger partial charge in [0.2, 0.25) is 5.91 Å². The van der Waals surface area contributed by atoms with Crippen LogP contribution in [0.15, 0.2) is 4.99 Å². The van der Waals surface area contributed by atoms with Crippen LogP contribution in [-0.2, 0) is 19.4 Å². The molecule has 2 saturated heterocycles. The Morgan fingerprint density at radius 2 is 1.88 bits per heavy atom. The first-order valence-electron chi connectivity index (χ1n) is 8.30. The van der Waals surface area contributed by atoms with Gasteiger partial charge >= 0.3 is 0 Å². The summed E-state index contributed by atoms with van der Waals surface area (Å²) in [7, 11) is -1.41. The minimum atomic E-state index is -3.08. The summed E-state index contributed by atoms with van der Waals surface area (Å²) in [5.74, 6) is 0.864. The third-order valence-electron chi connectivity index (χ3n) is 4.54. The van der Waals surface area contributed by atoms with Crippen molar-refractivity contribution in [1.29, 1.82) is 0 Å². The Hall–Kier alpha value is -1.35. The Balaban J connectivity index is 1.83. The Morgan fingerprint density at radius 3 is 2.46 bits per heavy atom. The maximum Gasteiger partial charge on any atom is 0.224 e. The Labute approximate surface area is 144 Å². The molecular weight excluding hydrogens is 332 g/mol. The van der Waals surface area contributed by atoms with Gasteiger partial charge in [-0.25, -0.2) is 8.42 Å². The van der Waals surface area contributed by atoms with E-state index in [0.717, 1.165) is 0 Å². The van der Waals surface area contributed by atoms with Gasteiger partial charge in [0.25, 0.3) is 0 Å². The molecule has 0 bridgehead atoms. The van der Waals surface area contributed by atoms with Crippen molar-refractivity contribution in [2.45, 2.75) is 25.0 Å². The monoisotopic (exact) mass is 360 g/mol. The molecule has 0 aromatic carbocycles. The van der Waals surface area contributed by atoms with Crippen molar-refractivity contribution >= 4 is 21.7 Å². The highest BCUT2D eigenvalue weighted by Gasteiger charge is 2.40. The van der Waals surface area contributed by atoms with Crippen molar-refractivity contribution in [3.8, 4) is 0 Å². The van der Waals surface area contributed by atoms with Crippen LogP contribution >= 0.6 is 0 Å². The summed E-state index contributed by atoms with van der Waals surface area (Å²) in [6.07, 6.45) is 0.383. The summed E-state index contributed by atoms with van der Waals surface area (Å²) < 4.78 is 28.6. The molecule has 8 nitrogen and oxygen atoms in total. The SMILES string of the molecule is CN=C(NCCC(=O)N1CCOCC1)N1CCS(=O)(=O)C(C)(C)C1. The first kappa shape index (κ1) is 19.0. The molecule has 1 N–H and O–H groups in total. The van der Waals surface area contributed by atoms with E-state index in [4.69, 9.17) is 4.74 Å². The lowest BCUT2D eigenvalue weighted by Gasteiger charge is -2.39. The third-order valence-corrected chi connectivity index (χ3v) is 7.07. The molecule has 2 fully saturated rings. The van der Waals surface area contributed by atoms with Gasteiger partial charge in [0.1, 0.15) is 0 Å². The molecule has 2 rings (SSSR count). The van der Waals surface area contributed by atoms with E-state index in [2.05, 4.69) is 10.3 Å². The standard InChI is InChI=1S/C15H28N4O4S/c1-15(2)12-19(8-11-24(15,21)22)14(16-3)17-5-4-13(20)18-6-9-23-10-7-18/h4-12H2,1-3H3,(H,16,17). The Morgan fingerprint density at radius 1 is 1.21 bits per heavy atom. The first-order valence-corrected chi connectivity index (χ1v) is 9.95. The molecule has 0 radical (unpaired) electrons. The van der Waals surface area contributed by atoms with E-state index in [1.54, 1.807) is 20.9 Å². The molecule has 1 amide bonds. The molecule has 24 heavy (non-hydrogen) atoms. The van der Waals surface area contributed by atoms with E-state index in [1.165, 1.54) is 0 Å². The quantitative estimate of drug-likeness (QED) is 0.530. The van der Waals surface area contributed by atoms with Crippen LogP contribution in [0, 0.1) is 0 Å². The third kappa shape index (κ3) is 4.38. The molecular formula is C15H28N4O4S. The predicted octanol–water partition coefficient (Wildman–Crippen LogP) is -0.680. The minimum Gasteiger partial charge on any atom is -0.378 e. The summed E-state index contributed by atoms with van der Waals surface area (Å²) in [4.78, 5) is 20.1. The smallest absolute Gasteiger partial charge is 0.224 e. The van der Waals surface area contributed by atoms with Gasteiger partial charge in [-0.05, 0) is 13.8 Å². The predicted molar refractivity (Wildman–Crippen MR) is 92.8 cm³/mol. The fraction of sp³-hybridized carbons (Fsp3) is 0.867. The number of sulfone groups is 1.